The third-order valence-corrected chi connectivity index (χ3v) is 4.33. The standard InChI is InChI=1S/C15H27N5O.HI/c1-4-15(8-6-7-9-15)11-18-14(16-5-2)17-10-13-19-12(3)20-21-13;/h4-11H2,1-3H3,(H2,16,17,18);1H. The van der Waals surface area contributed by atoms with E-state index in [2.05, 4.69) is 39.6 Å². The van der Waals surface area contributed by atoms with Crippen molar-refractivity contribution in [1.82, 2.24) is 20.8 Å². The van der Waals surface area contributed by atoms with E-state index in [1.54, 1.807) is 0 Å². The Balaban J connectivity index is 0.00000242. The minimum Gasteiger partial charge on any atom is -0.357 e. The Labute approximate surface area is 149 Å². The zero-order chi connectivity index (χ0) is 15.1. The molecular weight excluding hydrogens is 393 g/mol. The number of nitrogens with one attached hydrogen (secondary N) is 2. The van der Waals surface area contributed by atoms with Crippen LogP contribution in [-0.4, -0.2) is 29.2 Å². The average Bonchev–Trinajstić information content (AvgIpc) is 3.12. The monoisotopic (exact) mass is 421 g/mol. The summed E-state index contributed by atoms with van der Waals surface area (Å²) >= 11 is 0. The SMILES string of the molecule is CCNC(=NCc1nc(C)no1)NCC1(CC)CCCC1.I. The van der Waals surface area contributed by atoms with Crippen LogP contribution in [0.25, 0.3) is 0 Å². The molecule has 0 aliphatic heterocycles. The summed E-state index contributed by atoms with van der Waals surface area (Å²) in [7, 11) is 0. The first-order valence-corrected chi connectivity index (χ1v) is 7.99. The van der Waals surface area contributed by atoms with E-state index in [9.17, 15) is 0 Å². The largest absolute Gasteiger partial charge is 0.357 e. The number of aromatic nitrogens is 2. The van der Waals surface area contributed by atoms with E-state index in [1.165, 1.54) is 32.1 Å². The molecule has 1 aromatic rings. The molecule has 1 fully saturated rings. The van der Waals surface area contributed by atoms with Crippen molar-refractivity contribution in [3.63, 3.8) is 0 Å². The number of hydrogen-bond donors (Lipinski definition) is 2. The number of aryl methyl sites for hydroxylation is 1. The summed E-state index contributed by atoms with van der Waals surface area (Å²) in [6, 6.07) is 0. The first-order chi connectivity index (χ1) is 10.2. The fourth-order valence-corrected chi connectivity index (χ4v) is 2.94. The summed E-state index contributed by atoms with van der Waals surface area (Å²) in [5, 5.41) is 10.5. The van der Waals surface area contributed by atoms with Crippen LogP contribution in [0.5, 0.6) is 0 Å². The van der Waals surface area contributed by atoms with E-state index < -0.39 is 0 Å². The van der Waals surface area contributed by atoms with Crippen LogP contribution in [0.15, 0.2) is 9.52 Å². The highest BCUT2D eigenvalue weighted by molar-refractivity contribution is 14.0. The highest BCUT2D eigenvalue weighted by Gasteiger charge is 2.31. The molecule has 6 nitrogen and oxygen atoms in total. The van der Waals surface area contributed by atoms with Crippen LogP contribution in [0.1, 0.15) is 57.7 Å². The second kappa shape index (κ2) is 9.32. The predicted octanol–water partition coefficient (Wildman–Crippen LogP) is 3.02. The third kappa shape index (κ3) is 5.40. The lowest BCUT2D eigenvalue weighted by molar-refractivity contribution is 0.283. The number of nitrogens with zero attached hydrogens (tertiary/aromatic N) is 3. The van der Waals surface area contributed by atoms with Crippen LogP contribution in [0.2, 0.25) is 0 Å². The molecule has 126 valence electrons. The first kappa shape index (κ1) is 19.2. The number of halogens is 1. The second-order valence-electron chi connectivity index (χ2n) is 5.84. The Kier molecular flexibility index (Phi) is 8.13. The molecule has 0 unspecified atom stereocenters. The molecule has 0 bridgehead atoms. The van der Waals surface area contributed by atoms with E-state index in [0.717, 1.165) is 19.0 Å². The number of aliphatic imine (C=N–C) groups is 1. The number of guanidine groups is 1. The summed E-state index contributed by atoms with van der Waals surface area (Å²) < 4.78 is 5.09. The number of rotatable bonds is 6. The molecule has 0 aromatic carbocycles. The minimum atomic E-state index is 0. The number of hydrogen-bond acceptors (Lipinski definition) is 4. The van der Waals surface area contributed by atoms with Gasteiger partial charge in [-0.1, -0.05) is 24.9 Å². The topological polar surface area (TPSA) is 75.3 Å². The van der Waals surface area contributed by atoms with Gasteiger partial charge in [-0.15, -0.1) is 24.0 Å². The zero-order valence-corrected chi connectivity index (χ0v) is 16.1. The molecule has 0 radical (unpaired) electrons. The van der Waals surface area contributed by atoms with Gasteiger partial charge in [-0.25, -0.2) is 4.99 Å². The molecule has 0 amide bonds. The van der Waals surface area contributed by atoms with Crippen LogP contribution >= 0.6 is 24.0 Å². The van der Waals surface area contributed by atoms with Crippen molar-refractivity contribution in [2.45, 2.75) is 59.4 Å². The fourth-order valence-electron chi connectivity index (χ4n) is 2.94. The lowest BCUT2D eigenvalue weighted by Crippen LogP contribution is -2.42. The Bertz CT molecular complexity index is 468. The molecule has 2 rings (SSSR count). The van der Waals surface area contributed by atoms with Crippen LogP contribution in [-0.2, 0) is 6.54 Å². The van der Waals surface area contributed by atoms with Gasteiger partial charge in [0.05, 0.1) is 0 Å². The van der Waals surface area contributed by atoms with E-state index in [4.69, 9.17) is 4.52 Å². The van der Waals surface area contributed by atoms with Gasteiger partial charge >= 0.3 is 0 Å². The molecule has 7 heteroatoms. The van der Waals surface area contributed by atoms with Crippen molar-refractivity contribution in [1.29, 1.82) is 0 Å². The van der Waals surface area contributed by atoms with Crippen molar-refractivity contribution >= 4 is 29.9 Å². The van der Waals surface area contributed by atoms with Gasteiger partial charge in [0.1, 0.15) is 6.54 Å². The second-order valence-corrected chi connectivity index (χ2v) is 5.84. The van der Waals surface area contributed by atoms with Crippen molar-refractivity contribution in [3.05, 3.63) is 11.7 Å². The third-order valence-electron chi connectivity index (χ3n) is 4.33. The molecule has 1 aliphatic carbocycles. The lowest BCUT2D eigenvalue weighted by Gasteiger charge is -2.28. The summed E-state index contributed by atoms with van der Waals surface area (Å²) in [4.78, 5) is 8.69. The maximum absolute atomic E-state index is 5.09. The molecule has 0 spiro atoms. The quantitative estimate of drug-likeness (QED) is 0.420. The molecular formula is C15H28IN5O. The normalized spacial score (nSPS) is 17.1. The molecule has 1 aliphatic rings. The van der Waals surface area contributed by atoms with E-state index in [-0.39, 0.29) is 24.0 Å². The molecule has 22 heavy (non-hydrogen) atoms. The Hall–Kier alpha value is -0.860. The van der Waals surface area contributed by atoms with Crippen molar-refractivity contribution < 1.29 is 4.52 Å². The van der Waals surface area contributed by atoms with Gasteiger partial charge in [0.15, 0.2) is 11.8 Å². The minimum absolute atomic E-state index is 0. The Morgan fingerprint density at radius 2 is 2.00 bits per heavy atom. The van der Waals surface area contributed by atoms with E-state index >= 15 is 0 Å². The molecule has 1 aromatic heterocycles. The van der Waals surface area contributed by atoms with Crippen molar-refractivity contribution in [3.8, 4) is 0 Å². The highest BCUT2D eigenvalue weighted by atomic mass is 127. The highest BCUT2D eigenvalue weighted by Crippen LogP contribution is 2.40. The Morgan fingerprint density at radius 3 is 2.55 bits per heavy atom. The molecule has 1 heterocycles. The molecule has 2 N–H and O–H groups in total. The summed E-state index contributed by atoms with van der Waals surface area (Å²) in [5.74, 6) is 2.03. The summed E-state index contributed by atoms with van der Waals surface area (Å²) in [6.07, 6.45) is 6.56. The van der Waals surface area contributed by atoms with Gasteiger partial charge in [-0.3, -0.25) is 0 Å². The average molecular weight is 421 g/mol. The molecule has 0 atom stereocenters. The maximum atomic E-state index is 5.09. The predicted molar refractivity (Wildman–Crippen MR) is 98.5 cm³/mol. The Morgan fingerprint density at radius 1 is 1.27 bits per heavy atom. The van der Waals surface area contributed by atoms with Gasteiger partial charge in [-0.2, -0.15) is 4.98 Å². The van der Waals surface area contributed by atoms with Crippen LogP contribution in [0.4, 0.5) is 0 Å². The lowest BCUT2D eigenvalue weighted by atomic mass is 9.83. The summed E-state index contributed by atoms with van der Waals surface area (Å²) in [6.45, 7) is 8.41. The van der Waals surface area contributed by atoms with Gasteiger partial charge < -0.3 is 15.2 Å². The zero-order valence-electron chi connectivity index (χ0n) is 13.8. The van der Waals surface area contributed by atoms with Crippen molar-refractivity contribution in [2.75, 3.05) is 13.1 Å². The first-order valence-electron chi connectivity index (χ1n) is 7.99. The summed E-state index contributed by atoms with van der Waals surface area (Å²) in [5.41, 5.74) is 0.442. The van der Waals surface area contributed by atoms with Crippen molar-refractivity contribution in [2.24, 2.45) is 10.4 Å². The van der Waals surface area contributed by atoms with Gasteiger partial charge in [0, 0.05) is 13.1 Å². The van der Waals surface area contributed by atoms with Gasteiger partial charge in [0.2, 0.25) is 5.89 Å². The van der Waals surface area contributed by atoms with Gasteiger partial charge in [-0.05, 0) is 38.5 Å². The van der Waals surface area contributed by atoms with Gasteiger partial charge in [0.25, 0.3) is 0 Å². The van der Waals surface area contributed by atoms with E-state index in [0.29, 0.717) is 23.7 Å². The maximum Gasteiger partial charge on any atom is 0.248 e. The molecule has 0 saturated heterocycles. The molecule has 1 saturated carbocycles. The van der Waals surface area contributed by atoms with Crippen LogP contribution in [0.3, 0.4) is 0 Å². The van der Waals surface area contributed by atoms with Crippen LogP contribution in [0, 0.1) is 12.3 Å². The van der Waals surface area contributed by atoms with Crippen LogP contribution < -0.4 is 10.6 Å². The van der Waals surface area contributed by atoms with E-state index in [1.807, 2.05) is 6.92 Å². The smallest absolute Gasteiger partial charge is 0.248 e. The fraction of sp³-hybridized carbons (Fsp3) is 0.800.